The lowest BCUT2D eigenvalue weighted by Gasteiger charge is -2.43. The molecule has 2 fully saturated rings. The topological polar surface area (TPSA) is 84.0 Å². The van der Waals surface area contributed by atoms with Gasteiger partial charge in [0.15, 0.2) is 9.84 Å². The van der Waals surface area contributed by atoms with Crippen LogP contribution in [-0.2, 0) is 26.0 Å². The molecule has 0 N–H and O–H groups in total. The molecular formula is C22H30N2O5S. The van der Waals surface area contributed by atoms with Gasteiger partial charge in [-0.1, -0.05) is 17.7 Å². The van der Waals surface area contributed by atoms with Crippen LogP contribution in [0.2, 0.25) is 0 Å². The smallest absolute Gasteiger partial charge is 0.223 e. The fraction of sp³-hybridized carbons (Fsp3) is 0.636. The van der Waals surface area contributed by atoms with Crippen LogP contribution >= 0.6 is 0 Å². The molecule has 8 heteroatoms. The fourth-order valence-electron chi connectivity index (χ4n) is 4.96. The van der Waals surface area contributed by atoms with Gasteiger partial charge in [0.25, 0.3) is 0 Å². The molecule has 3 aliphatic heterocycles. The van der Waals surface area contributed by atoms with Gasteiger partial charge in [-0.3, -0.25) is 9.59 Å². The van der Waals surface area contributed by atoms with E-state index < -0.39 is 15.4 Å². The van der Waals surface area contributed by atoms with E-state index in [0.717, 1.165) is 29.7 Å². The van der Waals surface area contributed by atoms with Crippen molar-refractivity contribution in [3.05, 3.63) is 29.3 Å². The molecule has 0 radical (unpaired) electrons. The summed E-state index contributed by atoms with van der Waals surface area (Å²) in [6, 6.07) is 6.01. The number of ether oxygens (including phenoxy) is 1. The van der Waals surface area contributed by atoms with Crippen molar-refractivity contribution < 1.29 is 22.7 Å². The number of aryl methyl sites for hydroxylation is 1. The molecule has 1 spiro atoms. The Kier molecular flexibility index (Phi) is 5.55. The predicted molar refractivity (Wildman–Crippen MR) is 113 cm³/mol. The summed E-state index contributed by atoms with van der Waals surface area (Å²) in [4.78, 5) is 28.9. The Bertz CT molecular complexity index is 960. The van der Waals surface area contributed by atoms with Gasteiger partial charge in [0.05, 0.1) is 24.6 Å². The van der Waals surface area contributed by atoms with Crippen molar-refractivity contribution in [2.45, 2.75) is 51.7 Å². The zero-order chi connectivity index (χ0) is 21.5. The van der Waals surface area contributed by atoms with E-state index in [2.05, 4.69) is 6.07 Å². The number of carbonyl (C=O) groups is 2. The highest BCUT2D eigenvalue weighted by Crippen LogP contribution is 2.36. The lowest BCUT2D eigenvalue weighted by Crippen LogP contribution is -2.58. The maximum atomic E-state index is 13.0. The molecule has 0 aliphatic carbocycles. The second-order valence-electron chi connectivity index (χ2n) is 9.16. The Morgan fingerprint density at radius 1 is 1.23 bits per heavy atom. The van der Waals surface area contributed by atoms with Crippen LogP contribution < -0.4 is 4.74 Å². The summed E-state index contributed by atoms with van der Waals surface area (Å²) in [7, 11) is -3.00. The Morgan fingerprint density at radius 3 is 2.70 bits per heavy atom. The van der Waals surface area contributed by atoms with Gasteiger partial charge in [0, 0.05) is 32.0 Å². The van der Waals surface area contributed by atoms with Crippen molar-refractivity contribution >= 4 is 21.7 Å². The third-order valence-corrected chi connectivity index (χ3v) is 8.35. The minimum atomic E-state index is -3.00. The number of likely N-dealkylation sites (tertiary alicyclic amines) is 1. The molecule has 3 aliphatic rings. The molecule has 0 aromatic heterocycles. The Labute approximate surface area is 178 Å². The first-order valence-corrected chi connectivity index (χ1v) is 12.5. The number of carbonyl (C=O) groups excluding carboxylic acids is 2. The number of hydrogen-bond donors (Lipinski definition) is 0. The maximum Gasteiger partial charge on any atom is 0.223 e. The number of fused-ring (bicyclic) bond motifs is 1. The van der Waals surface area contributed by atoms with Crippen molar-refractivity contribution in [2.75, 3.05) is 31.1 Å². The van der Waals surface area contributed by atoms with E-state index in [1.54, 1.807) is 6.92 Å². The van der Waals surface area contributed by atoms with Crippen molar-refractivity contribution in [3.8, 4) is 5.75 Å². The zero-order valence-corrected chi connectivity index (χ0v) is 18.5. The van der Waals surface area contributed by atoms with E-state index in [1.165, 1.54) is 0 Å². The quantitative estimate of drug-likeness (QED) is 0.710. The van der Waals surface area contributed by atoms with Crippen LogP contribution in [0.25, 0.3) is 0 Å². The largest absolute Gasteiger partial charge is 0.483 e. The first-order valence-electron chi connectivity index (χ1n) is 10.7. The van der Waals surface area contributed by atoms with E-state index in [0.29, 0.717) is 32.6 Å². The number of sulfone groups is 1. The Hall–Kier alpha value is -2.09. The second-order valence-corrected chi connectivity index (χ2v) is 11.4. The van der Waals surface area contributed by atoms with Crippen LogP contribution in [0.1, 0.15) is 43.7 Å². The van der Waals surface area contributed by atoms with Gasteiger partial charge in [-0.2, -0.15) is 0 Å². The SMILES string of the molecule is CC(=O)N1Cc2cc(C)ccc2OC2(CCCN(C(=O)CC3CCS(=O)(=O)C3)C2)C1. The summed E-state index contributed by atoms with van der Waals surface area (Å²) in [5, 5.41) is 0. The van der Waals surface area contributed by atoms with Gasteiger partial charge in [-0.15, -0.1) is 0 Å². The van der Waals surface area contributed by atoms with Gasteiger partial charge >= 0.3 is 0 Å². The van der Waals surface area contributed by atoms with Crippen LogP contribution in [0.5, 0.6) is 5.75 Å². The van der Waals surface area contributed by atoms with E-state index in [4.69, 9.17) is 4.74 Å². The van der Waals surface area contributed by atoms with Gasteiger partial charge in [0.2, 0.25) is 11.8 Å². The second kappa shape index (κ2) is 7.87. The summed E-state index contributed by atoms with van der Waals surface area (Å²) in [5.41, 5.74) is 1.47. The molecule has 2 amide bonds. The highest BCUT2D eigenvalue weighted by molar-refractivity contribution is 7.91. The standard InChI is InChI=1S/C22H30N2O5S/c1-16-4-5-20-19(10-16)12-24(17(2)25)15-22(29-20)7-3-8-23(14-22)21(26)11-18-6-9-30(27,28)13-18/h4-5,10,18H,3,6-9,11-15H2,1-2H3. The van der Waals surface area contributed by atoms with E-state index in [9.17, 15) is 18.0 Å². The average Bonchev–Trinajstić information content (AvgIpc) is 2.93. The van der Waals surface area contributed by atoms with Crippen LogP contribution in [0.3, 0.4) is 0 Å². The summed E-state index contributed by atoms with van der Waals surface area (Å²) in [5.74, 6) is 0.962. The predicted octanol–water partition coefficient (Wildman–Crippen LogP) is 1.92. The van der Waals surface area contributed by atoms with Crippen molar-refractivity contribution in [1.29, 1.82) is 0 Å². The Balaban J connectivity index is 1.54. The first-order chi connectivity index (χ1) is 14.1. The average molecular weight is 435 g/mol. The highest BCUT2D eigenvalue weighted by Gasteiger charge is 2.44. The number of piperidine rings is 1. The lowest BCUT2D eigenvalue weighted by molar-refractivity contribution is -0.140. The van der Waals surface area contributed by atoms with Crippen molar-refractivity contribution in [1.82, 2.24) is 9.80 Å². The number of nitrogens with zero attached hydrogens (tertiary/aromatic N) is 2. The van der Waals surface area contributed by atoms with Gasteiger partial charge < -0.3 is 14.5 Å². The third-order valence-electron chi connectivity index (χ3n) is 6.51. The van der Waals surface area contributed by atoms with Crippen LogP contribution in [0.4, 0.5) is 0 Å². The summed E-state index contributed by atoms with van der Waals surface area (Å²) >= 11 is 0. The van der Waals surface area contributed by atoms with Crippen LogP contribution in [0.15, 0.2) is 18.2 Å². The molecule has 1 aromatic carbocycles. The molecule has 4 rings (SSSR count). The van der Waals surface area contributed by atoms with E-state index >= 15 is 0 Å². The van der Waals surface area contributed by atoms with Crippen molar-refractivity contribution in [3.63, 3.8) is 0 Å². The zero-order valence-electron chi connectivity index (χ0n) is 17.7. The van der Waals surface area contributed by atoms with E-state index in [1.807, 2.05) is 28.9 Å². The molecule has 0 saturated carbocycles. The van der Waals surface area contributed by atoms with Crippen molar-refractivity contribution in [2.24, 2.45) is 5.92 Å². The summed E-state index contributed by atoms with van der Waals surface area (Å²) in [6.45, 7) is 5.59. The maximum absolute atomic E-state index is 13.0. The fourth-order valence-corrected chi connectivity index (χ4v) is 6.82. The molecule has 2 atom stereocenters. The Morgan fingerprint density at radius 2 is 2.00 bits per heavy atom. The van der Waals surface area contributed by atoms with Crippen LogP contribution in [-0.4, -0.2) is 66.8 Å². The van der Waals surface area contributed by atoms with Gasteiger partial charge in [-0.25, -0.2) is 8.42 Å². The molecule has 1 aromatic rings. The number of hydrogen-bond acceptors (Lipinski definition) is 5. The first kappa shape index (κ1) is 21.2. The molecule has 30 heavy (non-hydrogen) atoms. The van der Waals surface area contributed by atoms with Crippen LogP contribution in [0, 0.1) is 12.8 Å². The summed E-state index contributed by atoms with van der Waals surface area (Å²) < 4.78 is 30.0. The molecule has 3 heterocycles. The van der Waals surface area contributed by atoms with E-state index in [-0.39, 0.29) is 35.7 Å². The highest BCUT2D eigenvalue weighted by atomic mass is 32.2. The van der Waals surface area contributed by atoms with Gasteiger partial charge in [0.1, 0.15) is 11.4 Å². The molecule has 2 unspecified atom stereocenters. The molecule has 0 bridgehead atoms. The monoisotopic (exact) mass is 434 g/mol. The third kappa shape index (κ3) is 4.48. The molecule has 164 valence electrons. The summed E-state index contributed by atoms with van der Waals surface area (Å²) in [6.07, 6.45) is 2.39. The minimum Gasteiger partial charge on any atom is -0.483 e. The lowest BCUT2D eigenvalue weighted by atomic mass is 9.91. The normalized spacial score (nSPS) is 28.0. The number of rotatable bonds is 2. The van der Waals surface area contributed by atoms with Gasteiger partial charge in [-0.05, 0) is 38.2 Å². The number of benzene rings is 1. The number of amides is 2. The molecule has 2 saturated heterocycles. The minimum absolute atomic E-state index is 0.00746. The molecule has 7 nitrogen and oxygen atoms in total. The molecular weight excluding hydrogens is 404 g/mol.